The summed E-state index contributed by atoms with van der Waals surface area (Å²) in [5, 5.41) is 7.53. The van der Waals surface area contributed by atoms with E-state index < -0.39 is 0 Å². The number of nitrogens with one attached hydrogen (secondary N) is 1. The van der Waals surface area contributed by atoms with Crippen LogP contribution in [0.4, 0.5) is 5.95 Å². The molecule has 1 N–H and O–H groups in total. The van der Waals surface area contributed by atoms with Crippen molar-refractivity contribution >= 4 is 28.5 Å². The molecule has 0 aliphatic carbocycles. The summed E-state index contributed by atoms with van der Waals surface area (Å²) in [6.07, 6.45) is 6.93. The smallest absolute Gasteiger partial charge is 0.276 e. The second-order valence-corrected chi connectivity index (χ2v) is 11.6. The van der Waals surface area contributed by atoms with E-state index in [9.17, 15) is 4.79 Å². The van der Waals surface area contributed by atoms with Gasteiger partial charge in [0.25, 0.3) is 5.91 Å². The Kier molecular flexibility index (Phi) is 6.87. The highest BCUT2D eigenvalue weighted by Crippen LogP contribution is 2.32. The van der Waals surface area contributed by atoms with E-state index in [1.54, 1.807) is 29.5 Å². The molecule has 1 fully saturated rings. The monoisotopic (exact) mass is 568 g/mol. The molecule has 2 aliphatic rings. The van der Waals surface area contributed by atoms with Gasteiger partial charge < -0.3 is 14.2 Å². The molecule has 1 aromatic carbocycles. The zero-order valence-corrected chi connectivity index (χ0v) is 24.3. The number of benzene rings is 1. The second-order valence-electron chi connectivity index (χ2n) is 11.6. The van der Waals surface area contributed by atoms with Crippen molar-refractivity contribution in [3.05, 3.63) is 54.2 Å². The Hall–Kier alpha value is -4.29. The van der Waals surface area contributed by atoms with Gasteiger partial charge in [0.05, 0.1) is 41.3 Å². The molecule has 1 atom stereocenters. The average molecular weight is 569 g/mol. The molecule has 5 aromatic rings. The van der Waals surface area contributed by atoms with Gasteiger partial charge in [-0.25, -0.2) is 19.6 Å². The van der Waals surface area contributed by atoms with Gasteiger partial charge in [0.1, 0.15) is 12.0 Å². The standard InChI is InChI=1S/C30H36N10O2/c1-20-5-4-12-42-29-22(15-32-37(29)3)25-14-24(33-27-16-31-19-40(25)27)28(41)35-30-34-23-7-6-21(13-26(23)39(30)17-20)18-38-10-8-36(2)9-11-38/h6-7,13-16,19-20H,4-5,8-12,17-18H2,1-3H3,(H,34,35,41)/t20-/m1/s1. The number of hydrogen-bond donors (Lipinski definition) is 1. The molecular weight excluding hydrogens is 532 g/mol. The molecular formula is C30H36N10O2. The number of imidazole rings is 2. The highest BCUT2D eigenvalue weighted by molar-refractivity contribution is 6.03. The number of carbonyl (C=O) groups is 1. The van der Waals surface area contributed by atoms with Crippen molar-refractivity contribution in [3.8, 4) is 17.1 Å². The zero-order valence-electron chi connectivity index (χ0n) is 24.3. The Morgan fingerprint density at radius 3 is 2.79 bits per heavy atom. The van der Waals surface area contributed by atoms with Gasteiger partial charge in [-0.1, -0.05) is 13.0 Å². The number of ether oxygens (including phenoxy) is 1. The highest BCUT2D eigenvalue weighted by Gasteiger charge is 2.23. The molecule has 6 heterocycles. The molecule has 0 spiro atoms. The van der Waals surface area contributed by atoms with Crippen LogP contribution >= 0.6 is 0 Å². The second kappa shape index (κ2) is 10.8. The average Bonchev–Trinajstić information content (AvgIpc) is 3.69. The first-order chi connectivity index (χ1) is 20.4. The maximum atomic E-state index is 13.8. The van der Waals surface area contributed by atoms with Crippen LogP contribution in [0.1, 0.15) is 35.8 Å². The van der Waals surface area contributed by atoms with Crippen molar-refractivity contribution in [3.63, 3.8) is 0 Å². The third-order valence-corrected chi connectivity index (χ3v) is 8.39. The van der Waals surface area contributed by atoms with Gasteiger partial charge in [0.15, 0.2) is 5.65 Å². The molecule has 218 valence electrons. The van der Waals surface area contributed by atoms with Crippen LogP contribution in [-0.4, -0.2) is 89.2 Å². The summed E-state index contributed by atoms with van der Waals surface area (Å²) in [5.74, 6) is 1.19. The Labute approximate surface area is 243 Å². The molecule has 12 heteroatoms. The van der Waals surface area contributed by atoms with Crippen LogP contribution in [0.2, 0.25) is 0 Å². The first-order valence-electron chi connectivity index (χ1n) is 14.6. The fourth-order valence-electron chi connectivity index (χ4n) is 5.99. The van der Waals surface area contributed by atoms with E-state index in [1.807, 2.05) is 11.4 Å². The molecule has 12 nitrogen and oxygen atoms in total. The Balaban J connectivity index is 1.28. The molecule has 1 saturated heterocycles. The first-order valence-corrected chi connectivity index (χ1v) is 14.6. The maximum Gasteiger partial charge on any atom is 0.276 e. The number of aryl methyl sites for hydroxylation is 1. The number of anilines is 1. The Bertz CT molecular complexity index is 1760. The lowest BCUT2D eigenvalue weighted by atomic mass is 10.1. The number of rotatable bonds is 2. The number of amides is 1. The summed E-state index contributed by atoms with van der Waals surface area (Å²) < 4.78 is 12.0. The van der Waals surface area contributed by atoms with Gasteiger partial charge in [0, 0.05) is 46.3 Å². The quantitative estimate of drug-likeness (QED) is 0.346. The van der Waals surface area contributed by atoms with E-state index >= 15 is 0 Å². The highest BCUT2D eigenvalue weighted by atomic mass is 16.5. The maximum absolute atomic E-state index is 13.8. The van der Waals surface area contributed by atoms with Gasteiger partial charge in [0.2, 0.25) is 11.8 Å². The van der Waals surface area contributed by atoms with Crippen molar-refractivity contribution in [2.45, 2.75) is 32.9 Å². The summed E-state index contributed by atoms with van der Waals surface area (Å²) in [6.45, 7) is 8.71. The van der Waals surface area contributed by atoms with Crippen molar-refractivity contribution in [1.82, 2.24) is 43.5 Å². The van der Waals surface area contributed by atoms with Crippen LogP contribution in [0.15, 0.2) is 43.0 Å². The number of piperazine rings is 1. The Morgan fingerprint density at radius 1 is 1.07 bits per heavy atom. The molecule has 2 bridgehead atoms. The van der Waals surface area contributed by atoms with E-state index in [4.69, 9.17) is 9.72 Å². The van der Waals surface area contributed by atoms with Crippen molar-refractivity contribution < 1.29 is 9.53 Å². The minimum Gasteiger partial charge on any atom is -0.477 e. The van der Waals surface area contributed by atoms with E-state index in [1.165, 1.54) is 5.56 Å². The van der Waals surface area contributed by atoms with Gasteiger partial charge >= 0.3 is 0 Å². The van der Waals surface area contributed by atoms with Gasteiger partial charge in [-0.15, -0.1) is 0 Å². The molecule has 7 rings (SSSR count). The summed E-state index contributed by atoms with van der Waals surface area (Å²) in [6, 6.07) is 8.22. The molecule has 1 amide bonds. The SMILES string of the molecule is C[C@@H]1CCCOc2c(cnn2C)-c2cc(nc3cncn23)C(=O)Nc2nc3ccc(CN4CCN(C)CC4)cc3n2C1. The van der Waals surface area contributed by atoms with E-state index in [0.29, 0.717) is 30.0 Å². The number of fused-ring (bicyclic) bond motifs is 9. The molecule has 0 unspecified atom stereocenters. The van der Waals surface area contributed by atoms with Crippen LogP contribution in [0.25, 0.3) is 27.9 Å². The summed E-state index contributed by atoms with van der Waals surface area (Å²) >= 11 is 0. The number of nitrogens with zero attached hydrogens (tertiary/aromatic N) is 9. The number of likely N-dealkylation sites (N-methyl/N-ethyl adjacent to an activating group) is 1. The van der Waals surface area contributed by atoms with Crippen LogP contribution in [0.5, 0.6) is 5.88 Å². The predicted molar refractivity (Wildman–Crippen MR) is 160 cm³/mol. The molecule has 0 saturated carbocycles. The van der Waals surface area contributed by atoms with Crippen LogP contribution in [0, 0.1) is 5.92 Å². The summed E-state index contributed by atoms with van der Waals surface area (Å²) in [7, 11) is 4.03. The van der Waals surface area contributed by atoms with Gasteiger partial charge in [-0.3, -0.25) is 19.4 Å². The van der Waals surface area contributed by atoms with Crippen molar-refractivity contribution in [2.75, 3.05) is 45.2 Å². The topological polar surface area (TPSA) is 111 Å². The number of aromatic nitrogens is 7. The zero-order chi connectivity index (χ0) is 28.8. The lowest BCUT2D eigenvalue weighted by Gasteiger charge is -2.32. The van der Waals surface area contributed by atoms with Crippen LogP contribution in [-0.2, 0) is 20.1 Å². The van der Waals surface area contributed by atoms with Crippen LogP contribution in [0.3, 0.4) is 0 Å². The van der Waals surface area contributed by atoms with Crippen molar-refractivity contribution in [1.29, 1.82) is 0 Å². The summed E-state index contributed by atoms with van der Waals surface area (Å²) in [5.41, 5.74) is 5.49. The van der Waals surface area contributed by atoms with E-state index in [2.05, 4.69) is 66.9 Å². The van der Waals surface area contributed by atoms with E-state index in [0.717, 1.165) is 74.4 Å². The largest absolute Gasteiger partial charge is 0.477 e. The molecule has 0 radical (unpaired) electrons. The number of hydrogen-bond acceptors (Lipinski definition) is 8. The normalized spacial score (nSPS) is 19.1. The molecule has 4 aromatic heterocycles. The Morgan fingerprint density at radius 2 is 1.93 bits per heavy atom. The first kappa shape index (κ1) is 26.6. The number of carbonyl (C=O) groups excluding carboxylic acids is 1. The van der Waals surface area contributed by atoms with Crippen molar-refractivity contribution in [2.24, 2.45) is 13.0 Å². The molecule has 2 aliphatic heterocycles. The predicted octanol–water partition coefficient (Wildman–Crippen LogP) is 3.29. The fraction of sp³-hybridized carbons (Fsp3) is 0.433. The molecule has 42 heavy (non-hydrogen) atoms. The summed E-state index contributed by atoms with van der Waals surface area (Å²) in [4.78, 5) is 32.4. The lowest BCUT2D eigenvalue weighted by molar-refractivity contribution is 0.102. The van der Waals surface area contributed by atoms with Crippen LogP contribution < -0.4 is 10.1 Å². The fourth-order valence-corrected chi connectivity index (χ4v) is 5.99. The van der Waals surface area contributed by atoms with E-state index in [-0.39, 0.29) is 11.6 Å². The lowest BCUT2D eigenvalue weighted by Crippen LogP contribution is -2.43. The minimum absolute atomic E-state index is 0.269. The van der Waals surface area contributed by atoms with Gasteiger partial charge in [-0.2, -0.15) is 5.10 Å². The van der Waals surface area contributed by atoms with Gasteiger partial charge in [-0.05, 0) is 49.6 Å². The third-order valence-electron chi connectivity index (χ3n) is 8.39. The third kappa shape index (κ3) is 5.01. The minimum atomic E-state index is -0.331.